The minimum absolute atomic E-state index is 0.0173. The molecule has 0 aliphatic rings. The number of hydrogen-bond acceptors (Lipinski definition) is 3. The Bertz CT molecular complexity index is 458. The molecular formula is C14H18F3NO2. The van der Waals surface area contributed by atoms with Crippen molar-refractivity contribution in [3.8, 4) is 0 Å². The molecule has 1 rings (SSSR count). The number of carbonyl (C=O) groups is 1. The number of methoxy groups -OCH3 is 1. The Morgan fingerprint density at radius 3 is 2.50 bits per heavy atom. The lowest BCUT2D eigenvalue weighted by molar-refractivity contribution is -0.142. The van der Waals surface area contributed by atoms with Crippen LogP contribution in [-0.4, -0.2) is 30.6 Å². The van der Waals surface area contributed by atoms with E-state index in [1.165, 1.54) is 13.2 Å². The number of nitrogens with zero attached hydrogens (tertiary/aromatic N) is 1. The summed E-state index contributed by atoms with van der Waals surface area (Å²) in [5.41, 5.74) is -0.172. The number of alkyl halides is 3. The van der Waals surface area contributed by atoms with Gasteiger partial charge in [0.15, 0.2) is 0 Å². The van der Waals surface area contributed by atoms with Crippen molar-refractivity contribution in [1.29, 1.82) is 0 Å². The van der Waals surface area contributed by atoms with Crippen molar-refractivity contribution in [2.45, 2.75) is 32.6 Å². The van der Waals surface area contributed by atoms with Crippen molar-refractivity contribution in [3.05, 3.63) is 35.4 Å². The topological polar surface area (TPSA) is 29.5 Å². The molecule has 0 saturated heterocycles. The molecule has 0 aromatic heterocycles. The predicted molar refractivity (Wildman–Crippen MR) is 69.0 cm³/mol. The molecule has 0 N–H and O–H groups in total. The molecule has 0 radical (unpaired) electrons. The lowest BCUT2D eigenvalue weighted by atomic mass is 10.1. The van der Waals surface area contributed by atoms with E-state index in [9.17, 15) is 18.0 Å². The van der Waals surface area contributed by atoms with E-state index in [0.29, 0.717) is 5.56 Å². The van der Waals surface area contributed by atoms with Gasteiger partial charge in [0, 0.05) is 12.6 Å². The molecule has 0 saturated carbocycles. The number of halogens is 3. The first-order chi connectivity index (χ1) is 9.24. The zero-order valence-electron chi connectivity index (χ0n) is 11.7. The number of benzene rings is 1. The fourth-order valence-corrected chi connectivity index (χ4v) is 1.73. The molecule has 1 aromatic carbocycles. The van der Waals surface area contributed by atoms with Crippen LogP contribution in [0, 0.1) is 0 Å². The van der Waals surface area contributed by atoms with Gasteiger partial charge in [-0.1, -0.05) is 18.2 Å². The SMILES string of the molecule is COC(=O)CN(Cc1cccc(C(F)(F)F)c1)C(C)C. The van der Waals surface area contributed by atoms with E-state index in [1.54, 1.807) is 11.0 Å². The van der Waals surface area contributed by atoms with Gasteiger partial charge in [-0.15, -0.1) is 0 Å². The summed E-state index contributed by atoms with van der Waals surface area (Å²) in [6.07, 6.45) is -4.36. The summed E-state index contributed by atoms with van der Waals surface area (Å²) in [7, 11) is 1.28. The highest BCUT2D eigenvalue weighted by molar-refractivity contribution is 5.71. The quantitative estimate of drug-likeness (QED) is 0.780. The fourth-order valence-electron chi connectivity index (χ4n) is 1.73. The lowest BCUT2D eigenvalue weighted by Crippen LogP contribution is -2.35. The van der Waals surface area contributed by atoms with Gasteiger partial charge in [0.05, 0.1) is 19.2 Å². The third-order valence-corrected chi connectivity index (χ3v) is 2.93. The monoisotopic (exact) mass is 289 g/mol. The first kappa shape index (κ1) is 16.5. The predicted octanol–water partition coefficient (Wildman–Crippen LogP) is 3.09. The minimum atomic E-state index is -4.36. The van der Waals surface area contributed by atoms with E-state index in [0.717, 1.165) is 12.1 Å². The average Bonchev–Trinajstić information content (AvgIpc) is 2.37. The van der Waals surface area contributed by atoms with Crippen molar-refractivity contribution in [3.63, 3.8) is 0 Å². The minimum Gasteiger partial charge on any atom is -0.468 e. The third-order valence-electron chi connectivity index (χ3n) is 2.93. The van der Waals surface area contributed by atoms with Gasteiger partial charge in [0.2, 0.25) is 0 Å². The van der Waals surface area contributed by atoms with Crippen molar-refractivity contribution in [2.24, 2.45) is 0 Å². The van der Waals surface area contributed by atoms with Crippen LogP contribution >= 0.6 is 0 Å². The zero-order valence-corrected chi connectivity index (χ0v) is 11.7. The third kappa shape index (κ3) is 4.85. The molecule has 0 atom stereocenters. The summed E-state index contributed by atoms with van der Waals surface area (Å²) in [4.78, 5) is 13.1. The Morgan fingerprint density at radius 1 is 1.35 bits per heavy atom. The summed E-state index contributed by atoms with van der Waals surface area (Å²) in [6.45, 7) is 4.05. The Kier molecular flexibility index (Phi) is 5.56. The molecule has 0 unspecified atom stereocenters. The van der Waals surface area contributed by atoms with E-state index < -0.39 is 17.7 Å². The van der Waals surface area contributed by atoms with E-state index >= 15 is 0 Å². The van der Waals surface area contributed by atoms with Crippen molar-refractivity contribution < 1.29 is 22.7 Å². The summed E-state index contributed by atoms with van der Waals surface area (Å²) < 4.78 is 42.5. The van der Waals surface area contributed by atoms with Crippen LogP contribution in [0.2, 0.25) is 0 Å². The van der Waals surface area contributed by atoms with Gasteiger partial charge in [-0.05, 0) is 25.5 Å². The van der Waals surface area contributed by atoms with Gasteiger partial charge in [0.1, 0.15) is 0 Å². The van der Waals surface area contributed by atoms with Crippen LogP contribution in [0.3, 0.4) is 0 Å². The first-order valence-electron chi connectivity index (χ1n) is 6.21. The molecule has 0 aliphatic carbocycles. The van der Waals surface area contributed by atoms with Crippen LogP contribution in [0.4, 0.5) is 13.2 Å². The highest BCUT2D eigenvalue weighted by Crippen LogP contribution is 2.29. The molecule has 20 heavy (non-hydrogen) atoms. The maximum Gasteiger partial charge on any atom is 0.416 e. The Balaban J connectivity index is 2.86. The summed E-state index contributed by atoms with van der Waals surface area (Å²) in [5.74, 6) is -0.411. The van der Waals surface area contributed by atoms with Gasteiger partial charge >= 0.3 is 12.1 Å². The molecule has 0 fully saturated rings. The smallest absolute Gasteiger partial charge is 0.416 e. The molecule has 0 heterocycles. The number of ether oxygens (including phenoxy) is 1. The second-order valence-corrected chi connectivity index (χ2v) is 4.77. The largest absolute Gasteiger partial charge is 0.468 e. The molecular weight excluding hydrogens is 271 g/mol. The highest BCUT2D eigenvalue weighted by Gasteiger charge is 2.30. The highest BCUT2D eigenvalue weighted by atomic mass is 19.4. The van der Waals surface area contributed by atoms with Crippen LogP contribution in [0.1, 0.15) is 25.0 Å². The molecule has 6 heteroatoms. The van der Waals surface area contributed by atoms with Crippen LogP contribution in [-0.2, 0) is 22.3 Å². The second kappa shape index (κ2) is 6.74. The van der Waals surface area contributed by atoms with E-state index in [4.69, 9.17) is 0 Å². The Labute approximate surface area is 116 Å². The first-order valence-corrected chi connectivity index (χ1v) is 6.21. The molecule has 0 amide bonds. The number of esters is 1. The van der Waals surface area contributed by atoms with Gasteiger partial charge in [0.25, 0.3) is 0 Å². The standard InChI is InChI=1S/C14H18F3NO2/c1-10(2)18(9-13(19)20-3)8-11-5-4-6-12(7-11)14(15,16)17/h4-7,10H,8-9H2,1-3H3. The maximum absolute atomic E-state index is 12.6. The van der Waals surface area contributed by atoms with Crippen molar-refractivity contribution in [2.75, 3.05) is 13.7 Å². The molecule has 0 spiro atoms. The van der Waals surface area contributed by atoms with Crippen molar-refractivity contribution in [1.82, 2.24) is 4.90 Å². The molecule has 1 aromatic rings. The van der Waals surface area contributed by atoms with Crippen LogP contribution in [0.5, 0.6) is 0 Å². The fraction of sp³-hybridized carbons (Fsp3) is 0.500. The average molecular weight is 289 g/mol. The lowest BCUT2D eigenvalue weighted by Gasteiger charge is -2.25. The summed E-state index contributed by atoms with van der Waals surface area (Å²) in [5, 5.41) is 0. The molecule has 112 valence electrons. The van der Waals surface area contributed by atoms with E-state index in [-0.39, 0.29) is 19.1 Å². The Morgan fingerprint density at radius 2 is 2.00 bits per heavy atom. The second-order valence-electron chi connectivity index (χ2n) is 4.77. The van der Waals surface area contributed by atoms with Gasteiger partial charge in [-0.3, -0.25) is 9.69 Å². The van der Waals surface area contributed by atoms with E-state index in [2.05, 4.69) is 4.74 Å². The van der Waals surface area contributed by atoms with E-state index in [1.807, 2.05) is 13.8 Å². The number of rotatable bonds is 5. The van der Waals surface area contributed by atoms with Crippen LogP contribution in [0.25, 0.3) is 0 Å². The molecule has 0 aliphatic heterocycles. The van der Waals surface area contributed by atoms with Crippen LogP contribution in [0.15, 0.2) is 24.3 Å². The molecule has 0 bridgehead atoms. The normalized spacial score (nSPS) is 12.0. The summed E-state index contributed by atoms with van der Waals surface area (Å²) >= 11 is 0. The zero-order chi connectivity index (χ0) is 15.3. The maximum atomic E-state index is 12.6. The van der Waals surface area contributed by atoms with Crippen molar-refractivity contribution >= 4 is 5.97 Å². The van der Waals surface area contributed by atoms with Gasteiger partial charge in [-0.25, -0.2) is 0 Å². The number of hydrogen-bond donors (Lipinski definition) is 0. The summed E-state index contributed by atoms with van der Waals surface area (Å²) in [6, 6.07) is 5.14. The van der Waals surface area contributed by atoms with Gasteiger partial charge < -0.3 is 4.74 Å². The number of carbonyl (C=O) groups excluding carboxylic acids is 1. The Hall–Kier alpha value is -1.56. The molecule has 3 nitrogen and oxygen atoms in total. The van der Waals surface area contributed by atoms with Crippen LogP contribution < -0.4 is 0 Å². The van der Waals surface area contributed by atoms with Gasteiger partial charge in [-0.2, -0.15) is 13.2 Å².